The topological polar surface area (TPSA) is 58.2 Å². The molecule has 1 atom stereocenters. The van der Waals surface area contributed by atoms with Gasteiger partial charge in [0.15, 0.2) is 0 Å². The molecule has 0 radical (unpaired) electrons. The first-order chi connectivity index (χ1) is 10.1. The third-order valence-electron chi connectivity index (χ3n) is 3.89. The number of halogens is 1. The van der Waals surface area contributed by atoms with E-state index in [1.54, 1.807) is 0 Å². The van der Waals surface area contributed by atoms with Gasteiger partial charge in [-0.15, -0.1) is 0 Å². The SMILES string of the molecule is CC(=O)NCCC(=O)N[C@@H](c1ccc(Br)cc1)C1CCC1. The Hall–Kier alpha value is -1.36. The van der Waals surface area contributed by atoms with Crippen LogP contribution in [0, 0.1) is 5.92 Å². The second-order valence-electron chi connectivity index (χ2n) is 5.52. The third-order valence-corrected chi connectivity index (χ3v) is 4.42. The van der Waals surface area contributed by atoms with Gasteiger partial charge in [-0.1, -0.05) is 34.5 Å². The second-order valence-corrected chi connectivity index (χ2v) is 6.44. The molecular formula is C16H21BrN2O2. The lowest BCUT2D eigenvalue weighted by Gasteiger charge is -2.34. The summed E-state index contributed by atoms with van der Waals surface area (Å²) in [7, 11) is 0. The first-order valence-corrected chi connectivity index (χ1v) is 8.15. The summed E-state index contributed by atoms with van der Waals surface area (Å²) < 4.78 is 1.04. The molecule has 2 rings (SSSR count). The largest absolute Gasteiger partial charge is 0.356 e. The number of hydrogen-bond donors (Lipinski definition) is 2. The minimum atomic E-state index is -0.105. The van der Waals surface area contributed by atoms with Crippen molar-refractivity contribution in [2.24, 2.45) is 5.92 Å². The number of hydrogen-bond acceptors (Lipinski definition) is 2. The molecule has 1 saturated carbocycles. The van der Waals surface area contributed by atoms with E-state index in [0.717, 1.165) is 22.9 Å². The van der Waals surface area contributed by atoms with E-state index in [4.69, 9.17) is 0 Å². The Labute approximate surface area is 133 Å². The molecule has 0 aliphatic heterocycles. The van der Waals surface area contributed by atoms with Crippen molar-refractivity contribution in [2.45, 2.75) is 38.6 Å². The van der Waals surface area contributed by atoms with Crippen molar-refractivity contribution < 1.29 is 9.59 Å². The third kappa shape index (κ3) is 4.84. The van der Waals surface area contributed by atoms with E-state index in [1.807, 2.05) is 12.1 Å². The first kappa shape index (κ1) is 16.0. The fourth-order valence-corrected chi connectivity index (χ4v) is 2.78. The highest BCUT2D eigenvalue weighted by molar-refractivity contribution is 9.10. The monoisotopic (exact) mass is 352 g/mol. The molecule has 1 fully saturated rings. The van der Waals surface area contributed by atoms with Gasteiger partial charge < -0.3 is 10.6 Å². The van der Waals surface area contributed by atoms with E-state index in [9.17, 15) is 9.59 Å². The summed E-state index contributed by atoms with van der Waals surface area (Å²) >= 11 is 3.43. The molecule has 0 heterocycles. The molecule has 0 bridgehead atoms. The zero-order chi connectivity index (χ0) is 15.2. The lowest BCUT2D eigenvalue weighted by atomic mass is 9.77. The van der Waals surface area contributed by atoms with Crippen LogP contribution in [0.1, 0.15) is 44.2 Å². The van der Waals surface area contributed by atoms with E-state index in [2.05, 4.69) is 38.7 Å². The van der Waals surface area contributed by atoms with Gasteiger partial charge in [0.05, 0.1) is 6.04 Å². The van der Waals surface area contributed by atoms with E-state index in [-0.39, 0.29) is 17.9 Å². The Kier molecular flexibility index (Phi) is 5.79. The Morgan fingerprint density at radius 1 is 1.29 bits per heavy atom. The first-order valence-electron chi connectivity index (χ1n) is 7.35. The Morgan fingerprint density at radius 3 is 2.48 bits per heavy atom. The zero-order valence-electron chi connectivity index (χ0n) is 12.2. The van der Waals surface area contributed by atoms with Gasteiger partial charge in [0.25, 0.3) is 0 Å². The number of amides is 2. The maximum absolute atomic E-state index is 12.0. The van der Waals surface area contributed by atoms with Crippen molar-refractivity contribution in [1.82, 2.24) is 10.6 Å². The van der Waals surface area contributed by atoms with Gasteiger partial charge in [0.2, 0.25) is 11.8 Å². The standard InChI is InChI=1S/C16H21BrN2O2/c1-11(20)18-10-9-15(21)19-16(12-3-2-4-12)13-5-7-14(17)8-6-13/h5-8,12,16H,2-4,9-10H2,1H3,(H,18,20)(H,19,21)/t16-/m1/s1. The fourth-order valence-electron chi connectivity index (χ4n) is 2.51. The van der Waals surface area contributed by atoms with Crippen LogP contribution < -0.4 is 10.6 Å². The van der Waals surface area contributed by atoms with Crippen molar-refractivity contribution in [3.05, 3.63) is 34.3 Å². The molecule has 1 aliphatic rings. The summed E-state index contributed by atoms with van der Waals surface area (Å²) in [5.74, 6) is 0.408. The molecule has 0 saturated heterocycles. The molecule has 2 amide bonds. The minimum Gasteiger partial charge on any atom is -0.356 e. The van der Waals surface area contributed by atoms with E-state index >= 15 is 0 Å². The van der Waals surface area contributed by atoms with Crippen LogP contribution in [0.15, 0.2) is 28.7 Å². The summed E-state index contributed by atoms with van der Waals surface area (Å²) in [5, 5.41) is 5.77. The van der Waals surface area contributed by atoms with E-state index in [1.165, 1.54) is 13.3 Å². The molecule has 1 aliphatic carbocycles. The van der Waals surface area contributed by atoms with Gasteiger partial charge in [-0.3, -0.25) is 9.59 Å². The number of rotatable bonds is 6. The lowest BCUT2D eigenvalue weighted by Crippen LogP contribution is -2.37. The molecule has 1 aromatic carbocycles. The average Bonchev–Trinajstić information content (AvgIpc) is 2.36. The van der Waals surface area contributed by atoms with E-state index < -0.39 is 0 Å². The number of carbonyl (C=O) groups excluding carboxylic acids is 2. The maximum Gasteiger partial charge on any atom is 0.222 e. The van der Waals surface area contributed by atoms with Crippen LogP contribution in [0.3, 0.4) is 0 Å². The highest BCUT2D eigenvalue weighted by Crippen LogP contribution is 2.38. The molecule has 114 valence electrons. The molecule has 0 spiro atoms. The molecule has 5 heteroatoms. The van der Waals surface area contributed by atoms with Crippen LogP contribution in [0.25, 0.3) is 0 Å². The Bertz CT molecular complexity index is 498. The van der Waals surface area contributed by atoms with Crippen LogP contribution in [0.4, 0.5) is 0 Å². The lowest BCUT2D eigenvalue weighted by molar-refractivity contribution is -0.122. The summed E-state index contributed by atoms with van der Waals surface area (Å²) in [4.78, 5) is 22.9. The Morgan fingerprint density at radius 2 is 1.95 bits per heavy atom. The molecule has 1 aromatic rings. The summed E-state index contributed by atoms with van der Waals surface area (Å²) in [6, 6.07) is 8.20. The molecule has 2 N–H and O–H groups in total. The molecule has 0 aromatic heterocycles. The smallest absolute Gasteiger partial charge is 0.222 e. The number of benzene rings is 1. The molecule has 4 nitrogen and oxygen atoms in total. The maximum atomic E-state index is 12.0. The van der Waals surface area contributed by atoms with Crippen molar-refractivity contribution in [3.63, 3.8) is 0 Å². The summed E-state index contributed by atoms with van der Waals surface area (Å²) in [6.45, 7) is 1.84. The summed E-state index contributed by atoms with van der Waals surface area (Å²) in [6.07, 6.45) is 3.87. The zero-order valence-corrected chi connectivity index (χ0v) is 13.8. The number of carbonyl (C=O) groups is 2. The normalized spacial score (nSPS) is 15.9. The molecule has 21 heavy (non-hydrogen) atoms. The van der Waals surface area contributed by atoms with Crippen molar-refractivity contribution in [1.29, 1.82) is 0 Å². The van der Waals surface area contributed by atoms with Crippen molar-refractivity contribution in [3.8, 4) is 0 Å². The highest BCUT2D eigenvalue weighted by atomic mass is 79.9. The highest BCUT2D eigenvalue weighted by Gasteiger charge is 2.29. The van der Waals surface area contributed by atoms with Crippen LogP contribution in [0.5, 0.6) is 0 Å². The van der Waals surface area contributed by atoms with Gasteiger partial charge in [0, 0.05) is 24.4 Å². The van der Waals surface area contributed by atoms with Gasteiger partial charge >= 0.3 is 0 Å². The fraction of sp³-hybridized carbons (Fsp3) is 0.500. The van der Waals surface area contributed by atoms with Crippen LogP contribution in [-0.4, -0.2) is 18.4 Å². The average molecular weight is 353 g/mol. The van der Waals surface area contributed by atoms with E-state index in [0.29, 0.717) is 18.9 Å². The Balaban J connectivity index is 1.95. The van der Waals surface area contributed by atoms with Gasteiger partial charge in [0.1, 0.15) is 0 Å². The summed E-state index contributed by atoms with van der Waals surface area (Å²) in [5.41, 5.74) is 1.15. The second kappa shape index (κ2) is 7.59. The van der Waals surface area contributed by atoms with Gasteiger partial charge in [-0.25, -0.2) is 0 Å². The van der Waals surface area contributed by atoms with Crippen LogP contribution >= 0.6 is 15.9 Å². The molecule has 0 unspecified atom stereocenters. The molecular weight excluding hydrogens is 332 g/mol. The predicted octanol–water partition coefficient (Wildman–Crippen LogP) is 2.93. The van der Waals surface area contributed by atoms with Gasteiger partial charge in [-0.2, -0.15) is 0 Å². The minimum absolute atomic E-state index is 0.0106. The quantitative estimate of drug-likeness (QED) is 0.826. The number of nitrogens with one attached hydrogen (secondary N) is 2. The van der Waals surface area contributed by atoms with Gasteiger partial charge in [-0.05, 0) is 36.5 Å². The van der Waals surface area contributed by atoms with Crippen LogP contribution in [-0.2, 0) is 9.59 Å². The van der Waals surface area contributed by atoms with Crippen molar-refractivity contribution >= 4 is 27.7 Å². The van der Waals surface area contributed by atoms with Crippen molar-refractivity contribution in [2.75, 3.05) is 6.54 Å². The predicted molar refractivity (Wildman–Crippen MR) is 85.7 cm³/mol. The van der Waals surface area contributed by atoms with Crippen LogP contribution in [0.2, 0.25) is 0 Å².